The molecular weight excluding hydrogens is 228 g/mol. The normalized spacial score (nSPS) is 46.9. The van der Waals surface area contributed by atoms with Crippen molar-refractivity contribution >= 4 is 5.78 Å². The summed E-state index contributed by atoms with van der Waals surface area (Å²) in [5.74, 6) is 1.21. The predicted octanol–water partition coefficient (Wildman–Crippen LogP) is 2.01. The van der Waals surface area contributed by atoms with Crippen molar-refractivity contribution in [2.24, 2.45) is 29.1 Å². The fourth-order valence-electron chi connectivity index (χ4n) is 4.38. The van der Waals surface area contributed by atoms with Gasteiger partial charge >= 0.3 is 0 Å². The largest absolute Gasteiger partial charge is 0.393 e. The van der Waals surface area contributed by atoms with Gasteiger partial charge in [-0.2, -0.15) is 0 Å². The van der Waals surface area contributed by atoms with Gasteiger partial charge in [0, 0.05) is 12.3 Å². The Hall–Kier alpha value is -0.410. The maximum Gasteiger partial charge on any atom is 0.129 e. The smallest absolute Gasteiger partial charge is 0.129 e. The second-order valence-electron chi connectivity index (χ2n) is 6.96. The third-order valence-electron chi connectivity index (χ3n) is 5.37. The van der Waals surface area contributed by atoms with Gasteiger partial charge < -0.3 is 15.0 Å². The fourth-order valence-corrected chi connectivity index (χ4v) is 4.38. The summed E-state index contributed by atoms with van der Waals surface area (Å²) in [6.45, 7) is 7.90. The van der Waals surface area contributed by atoms with Crippen LogP contribution in [0.15, 0.2) is 0 Å². The maximum atomic E-state index is 11.1. The Balaban J connectivity index is 2.07. The monoisotopic (exact) mass is 254 g/mol. The van der Waals surface area contributed by atoms with Crippen molar-refractivity contribution in [2.75, 3.05) is 0 Å². The first-order chi connectivity index (χ1) is 8.29. The second-order valence-corrected chi connectivity index (χ2v) is 6.96. The van der Waals surface area contributed by atoms with Gasteiger partial charge in [0.1, 0.15) is 5.78 Å². The lowest BCUT2D eigenvalue weighted by atomic mass is 9.73. The zero-order valence-corrected chi connectivity index (χ0v) is 11.9. The van der Waals surface area contributed by atoms with Crippen molar-refractivity contribution in [3.05, 3.63) is 0 Å². The average molecular weight is 254 g/mol. The molecule has 0 aromatic rings. The molecule has 0 saturated heterocycles. The van der Waals surface area contributed by atoms with Crippen molar-refractivity contribution in [3.63, 3.8) is 0 Å². The topological polar surface area (TPSA) is 57.5 Å². The Bertz CT molecular complexity index is 339. The molecule has 2 fully saturated rings. The van der Waals surface area contributed by atoms with E-state index in [0.29, 0.717) is 18.3 Å². The summed E-state index contributed by atoms with van der Waals surface area (Å²) in [5.41, 5.74) is 0.0552. The summed E-state index contributed by atoms with van der Waals surface area (Å²) in [5, 5.41) is 20.7. The molecule has 2 saturated carbocycles. The van der Waals surface area contributed by atoms with Crippen LogP contribution in [-0.4, -0.2) is 28.2 Å². The van der Waals surface area contributed by atoms with Gasteiger partial charge in [0.15, 0.2) is 0 Å². The van der Waals surface area contributed by atoms with E-state index < -0.39 is 12.2 Å². The molecule has 0 heterocycles. The zero-order chi connectivity index (χ0) is 13.7. The van der Waals surface area contributed by atoms with Crippen LogP contribution in [-0.2, 0) is 4.79 Å². The quantitative estimate of drug-likeness (QED) is 0.807. The second kappa shape index (κ2) is 4.61. The molecule has 2 rings (SSSR count). The summed E-state index contributed by atoms with van der Waals surface area (Å²) < 4.78 is 0. The van der Waals surface area contributed by atoms with E-state index in [1.54, 1.807) is 6.92 Å². The van der Waals surface area contributed by atoms with Gasteiger partial charge in [0.05, 0.1) is 12.2 Å². The standard InChI is InChI=1S/C15H26O3/c1-8(2)12-11(17)7-15(4)10(6-5-9(3)16)13(15)14(12)18/h8,10-14,17-18H,5-7H2,1-4H3/t10-,11-,12-,13+,14-,15+/m1/s1. The first-order valence-electron chi connectivity index (χ1n) is 7.14. The number of ketones is 1. The number of carbonyl (C=O) groups is 1. The van der Waals surface area contributed by atoms with Crippen molar-refractivity contribution in [1.82, 2.24) is 0 Å². The minimum Gasteiger partial charge on any atom is -0.393 e. The maximum absolute atomic E-state index is 11.1. The van der Waals surface area contributed by atoms with E-state index in [9.17, 15) is 15.0 Å². The number of rotatable bonds is 4. The first kappa shape index (κ1) is 14.0. The van der Waals surface area contributed by atoms with Gasteiger partial charge in [-0.05, 0) is 42.9 Å². The molecule has 0 aliphatic heterocycles. The molecule has 2 N–H and O–H groups in total. The zero-order valence-electron chi connectivity index (χ0n) is 11.9. The van der Waals surface area contributed by atoms with E-state index in [2.05, 4.69) is 20.8 Å². The third-order valence-corrected chi connectivity index (χ3v) is 5.37. The van der Waals surface area contributed by atoms with Crippen LogP contribution in [0.2, 0.25) is 0 Å². The highest BCUT2D eigenvalue weighted by molar-refractivity contribution is 5.75. The molecule has 0 spiro atoms. The van der Waals surface area contributed by atoms with Crippen molar-refractivity contribution in [2.45, 2.75) is 59.2 Å². The van der Waals surface area contributed by atoms with Gasteiger partial charge in [-0.3, -0.25) is 0 Å². The van der Waals surface area contributed by atoms with Crippen molar-refractivity contribution in [3.8, 4) is 0 Å². The number of aliphatic hydroxyl groups excluding tert-OH is 2. The van der Waals surface area contributed by atoms with Crippen LogP contribution in [0.3, 0.4) is 0 Å². The molecule has 2 aliphatic carbocycles. The highest BCUT2D eigenvalue weighted by atomic mass is 16.3. The fraction of sp³-hybridized carbons (Fsp3) is 0.933. The Kier molecular flexibility index (Phi) is 3.58. The van der Waals surface area contributed by atoms with Gasteiger partial charge in [-0.1, -0.05) is 20.8 Å². The Morgan fingerprint density at radius 1 is 1.39 bits per heavy atom. The average Bonchev–Trinajstić information content (AvgIpc) is 2.79. The molecular formula is C15H26O3. The van der Waals surface area contributed by atoms with E-state index >= 15 is 0 Å². The van der Waals surface area contributed by atoms with Gasteiger partial charge in [0.25, 0.3) is 0 Å². The Labute approximate surface area is 110 Å². The minimum absolute atomic E-state index is 0.00889. The van der Waals surface area contributed by atoms with Crippen molar-refractivity contribution < 1.29 is 15.0 Å². The highest BCUT2D eigenvalue weighted by Gasteiger charge is 2.68. The van der Waals surface area contributed by atoms with E-state index in [1.165, 1.54) is 0 Å². The van der Waals surface area contributed by atoms with Crippen LogP contribution in [0, 0.1) is 29.1 Å². The molecule has 0 unspecified atom stereocenters. The molecule has 18 heavy (non-hydrogen) atoms. The number of carbonyl (C=O) groups excluding carboxylic acids is 1. The lowest BCUT2D eigenvalue weighted by Gasteiger charge is -2.37. The summed E-state index contributed by atoms with van der Waals surface area (Å²) >= 11 is 0. The molecule has 2 aliphatic rings. The molecule has 104 valence electrons. The molecule has 0 aromatic carbocycles. The number of hydrogen-bond donors (Lipinski definition) is 2. The molecule has 0 bridgehead atoms. The number of Topliss-reactive ketones (excluding diaryl/α,β-unsaturated/α-hetero) is 1. The number of aliphatic hydroxyl groups is 2. The third kappa shape index (κ3) is 2.12. The van der Waals surface area contributed by atoms with Crippen LogP contribution >= 0.6 is 0 Å². The molecule has 0 radical (unpaired) electrons. The summed E-state index contributed by atoms with van der Waals surface area (Å²) in [6, 6.07) is 0. The van der Waals surface area contributed by atoms with Crippen LogP contribution in [0.25, 0.3) is 0 Å². The Morgan fingerprint density at radius 2 is 2.00 bits per heavy atom. The van der Waals surface area contributed by atoms with E-state index in [4.69, 9.17) is 0 Å². The van der Waals surface area contributed by atoms with Crippen LogP contribution < -0.4 is 0 Å². The van der Waals surface area contributed by atoms with Crippen LogP contribution in [0.4, 0.5) is 0 Å². The highest BCUT2D eigenvalue weighted by Crippen LogP contribution is 2.69. The predicted molar refractivity (Wildman–Crippen MR) is 70.0 cm³/mol. The van der Waals surface area contributed by atoms with Crippen LogP contribution in [0.5, 0.6) is 0 Å². The molecule has 6 atom stereocenters. The molecule has 3 nitrogen and oxygen atoms in total. The van der Waals surface area contributed by atoms with Gasteiger partial charge in [0.2, 0.25) is 0 Å². The summed E-state index contributed by atoms with van der Waals surface area (Å²) in [7, 11) is 0. The first-order valence-corrected chi connectivity index (χ1v) is 7.14. The Morgan fingerprint density at radius 3 is 2.50 bits per heavy atom. The van der Waals surface area contributed by atoms with E-state index in [-0.39, 0.29) is 23.0 Å². The number of hydrogen-bond acceptors (Lipinski definition) is 3. The van der Waals surface area contributed by atoms with Crippen molar-refractivity contribution in [1.29, 1.82) is 0 Å². The SMILES string of the molecule is CC(=O)CC[C@@H]1[C@H]2[C@H](O)[C@H](C(C)C)[C@H](O)C[C@]21C. The molecule has 3 heteroatoms. The lowest BCUT2D eigenvalue weighted by molar-refractivity contribution is -0.117. The van der Waals surface area contributed by atoms with Gasteiger partial charge in [-0.25, -0.2) is 0 Å². The van der Waals surface area contributed by atoms with E-state index in [1.807, 2.05) is 0 Å². The lowest BCUT2D eigenvalue weighted by Crippen LogP contribution is -2.43. The summed E-state index contributed by atoms with van der Waals surface area (Å²) in [4.78, 5) is 11.1. The minimum atomic E-state index is -0.407. The number of fused-ring (bicyclic) bond motifs is 1. The van der Waals surface area contributed by atoms with E-state index in [0.717, 1.165) is 12.8 Å². The summed E-state index contributed by atoms with van der Waals surface area (Å²) in [6.07, 6.45) is 1.44. The van der Waals surface area contributed by atoms with Crippen LogP contribution in [0.1, 0.15) is 47.0 Å². The molecule has 0 aromatic heterocycles. The van der Waals surface area contributed by atoms with Gasteiger partial charge in [-0.15, -0.1) is 0 Å². The molecule has 0 amide bonds.